The standard InChI is InChI=1S/C18H20F3NO2/c1-11-5-14(17(6-12(11)2)24-18(20)21)9-22-8-13-3-4-16(19)15(7-13)10-23/h3-7,18,22-23H,8-10H2,1-2H3. The van der Waals surface area contributed by atoms with Gasteiger partial charge in [-0.1, -0.05) is 12.1 Å². The van der Waals surface area contributed by atoms with Crippen molar-refractivity contribution < 1.29 is 23.0 Å². The lowest BCUT2D eigenvalue weighted by Gasteiger charge is -2.14. The Balaban J connectivity index is 2.07. The predicted molar refractivity (Wildman–Crippen MR) is 85.4 cm³/mol. The molecule has 0 aliphatic heterocycles. The van der Waals surface area contributed by atoms with E-state index in [0.717, 1.165) is 16.7 Å². The summed E-state index contributed by atoms with van der Waals surface area (Å²) in [5.74, 6) is -0.307. The number of aryl methyl sites for hydroxylation is 2. The smallest absolute Gasteiger partial charge is 0.387 e. The molecule has 0 fully saturated rings. The monoisotopic (exact) mass is 339 g/mol. The lowest BCUT2D eigenvalue weighted by molar-refractivity contribution is -0.0505. The molecule has 0 radical (unpaired) electrons. The number of aliphatic hydroxyl groups is 1. The number of alkyl halides is 2. The first-order valence-electron chi connectivity index (χ1n) is 7.54. The molecule has 0 atom stereocenters. The van der Waals surface area contributed by atoms with Crippen LogP contribution in [0.15, 0.2) is 30.3 Å². The highest BCUT2D eigenvalue weighted by molar-refractivity contribution is 5.41. The SMILES string of the molecule is Cc1cc(CNCc2ccc(F)c(CO)c2)c(OC(F)F)cc1C. The Bertz CT molecular complexity index is 705. The van der Waals surface area contributed by atoms with Crippen molar-refractivity contribution in [2.45, 2.75) is 40.2 Å². The summed E-state index contributed by atoms with van der Waals surface area (Å²) < 4.78 is 43.0. The van der Waals surface area contributed by atoms with E-state index in [4.69, 9.17) is 5.11 Å². The van der Waals surface area contributed by atoms with E-state index in [2.05, 4.69) is 10.1 Å². The van der Waals surface area contributed by atoms with Crippen molar-refractivity contribution in [3.63, 3.8) is 0 Å². The minimum atomic E-state index is -2.88. The highest BCUT2D eigenvalue weighted by atomic mass is 19.3. The Morgan fingerprint density at radius 2 is 1.75 bits per heavy atom. The Labute approximate surface area is 139 Å². The molecule has 0 bridgehead atoms. The van der Waals surface area contributed by atoms with Crippen LogP contribution in [0.2, 0.25) is 0 Å². The summed E-state index contributed by atoms with van der Waals surface area (Å²) in [6, 6.07) is 7.88. The van der Waals surface area contributed by atoms with Crippen LogP contribution < -0.4 is 10.1 Å². The lowest BCUT2D eigenvalue weighted by Crippen LogP contribution is -2.15. The topological polar surface area (TPSA) is 41.5 Å². The van der Waals surface area contributed by atoms with Gasteiger partial charge in [-0.3, -0.25) is 0 Å². The van der Waals surface area contributed by atoms with Gasteiger partial charge in [-0.2, -0.15) is 8.78 Å². The van der Waals surface area contributed by atoms with Crippen LogP contribution in [-0.2, 0) is 19.7 Å². The first kappa shape index (κ1) is 18.3. The summed E-state index contributed by atoms with van der Waals surface area (Å²) in [6.07, 6.45) is 0. The molecule has 6 heteroatoms. The van der Waals surface area contributed by atoms with Crippen LogP contribution in [0.5, 0.6) is 5.75 Å². The first-order chi connectivity index (χ1) is 11.4. The summed E-state index contributed by atoms with van der Waals surface area (Å²) in [5, 5.41) is 12.2. The maximum atomic E-state index is 13.3. The van der Waals surface area contributed by atoms with Crippen molar-refractivity contribution in [1.29, 1.82) is 0 Å². The van der Waals surface area contributed by atoms with Crippen molar-refractivity contribution >= 4 is 0 Å². The molecule has 0 aliphatic carbocycles. The lowest BCUT2D eigenvalue weighted by atomic mass is 10.0. The average Bonchev–Trinajstić information content (AvgIpc) is 2.53. The molecular formula is C18H20F3NO2. The molecule has 0 saturated carbocycles. The Morgan fingerprint density at radius 1 is 1.04 bits per heavy atom. The van der Waals surface area contributed by atoms with E-state index >= 15 is 0 Å². The van der Waals surface area contributed by atoms with Crippen molar-refractivity contribution in [3.8, 4) is 5.75 Å². The molecule has 0 saturated heterocycles. The zero-order valence-electron chi connectivity index (χ0n) is 13.6. The highest BCUT2D eigenvalue weighted by Crippen LogP contribution is 2.25. The van der Waals surface area contributed by atoms with E-state index in [1.165, 1.54) is 6.07 Å². The van der Waals surface area contributed by atoms with E-state index in [0.29, 0.717) is 18.7 Å². The largest absolute Gasteiger partial charge is 0.434 e. The number of rotatable bonds is 7. The third-order valence-corrected chi connectivity index (χ3v) is 3.82. The van der Waals surface area contributed by atoms with E-state index in [1.54, 1.807) is 18.2 Å². The summed E-state index contributed by atoms with van der Waals surface area (Å²) in [5.41, 5.74) is 3.50. The van der Waals surface area contributed by atoms with Gasteiger partial charge in [0.15, 0.2) is 0 Å². The number of hydrogen-bond acceptors (Lipinski definition) is 3. The predicted octanol–water partition coefficient (Wildman–Crippen LogP) is 3.83. The van der Waals surface area contributed by atoms with Gasteiger partial charge in [-0.25, -0.2) is 4.39 Å². The Hall–Kier alpha value is -2.05. The minimum absolute atomic E-state index is 0.149. The zero-order valence-corrected chi connectivity index (χ0v) is 13.6. The van der Waals surface area contributed by atoms with Crippen LogP contribution in [0.1, 0.15) is 27.8 Å². The number of aliphatic hydroxyl groups excluding tert-OH is 1. The number of hydrogen-bond donors (Lipinski definition) is 2. The second-order valence-corrected chi connectivity index (χ2v) is 5.61. The molecule has 0 heterocycles. The number of benzene rings is 2. The van der Waals surface area contributed by atoms with Crippen LogP contribution in [-0.4, -0.2) is 11.7 Å². The Morgan fingerprint density at radius 3 is 2.42 bits per heavy atom. The molecule has 3 nitrogen and oxygen atoms in total. The van der Waals surface area contributed by atoms with Gasteiger partial charge in [0.1, 0.15) is 11.6 Å². The summed E-state index contributed by atoms with van der Waals surface area (Å²) in [7, 11) is 0. The van der Waals surface area contributed by atoms with Crippen LogP contribution in [0.4, 0.5) is 13.2 Å². The fourth-order valence-electron chi connectivity index (χ4n) is 2.39. The molecule has 130 valence electrons. The molecule has 2 aromatic rings. The van der Waals surface area contributed by atoms with E-state index in [-0.39, 0.29) is 17.9 Å². The average molecular weight is 339 g/mol. The second-order valence-electron chi connectivity index (χ2n) is 5.61. The molecule has 2 rings (SSSR count). The molecule has 0 aliphatic rings. The van der Waals surface area contributed by atoms with E-state index in [1.807, 2.05) is 19.9 Å². The molecule has 0 aromatic heterocycles. The molecule has 24 heavy (non-hydrogen) atoms. The molecule has 2 aromatic carbocycles. The molecule has 0 unspecified atom stereocenters. The van der Waals surface area contributed by atoms with Gasteiger partial charge in [0.05, 0.1) is 6.61 Å². The molecular weight excluding hydrogens is 319 g/mol. The fourth-order valence-corrected chi connectivity index (χ4v) is 2.39. The van der Waals surface area contributed by atoms with Gasteiger partial charge in [-0.05, 0) is 48.7 Å². The molecule has 2 N–H and O–H groups in total. The maximum Gasteiger partial charge on any atom is 0.387 e. The van der Waals surface area contributed by atoms with Crippen LogP contribution in [0.3, 0.4) is 0 Å². The van der Waals surface area contributed by atoms with Crippen molar-refractivity contribution in [2.24, 2.45) is 0 Å². The summed E-state index contributed by atoms with van der Waals surface area (Å²) >= 11 is 0. The van der Waals surface area contributed by atoms with Gasteiger partial charge in [-0.15, -0.1) is 0 Å². The van der Waals surface area contributed by atoms with Gasteiger partial charge < -0.3 is 15.2 Å². The first-order valence-corrected chi connectivity index (χ1v) is 7.54. The fraction of sp³-hybridized carbons (Fsp3) is 0.333. The van der Waals surface area contributed by atoms with Crippen LogP contribution >= 0.6 is 0 Å². The highest BCUT2D eigenvalue weighted by Gasteiger charge is 2.11. The number of ether oxygens (including phenoxy) is 1. The van der Waals surface area contributed by atoms with Crippen molar-refractivity contribution in [1.82, 2.24) is 5.32 Å². The van der Waals surface area contributed by atoms with Gasteiger partial charge in [0.25, 0.3) is 0 Å². The van der Waals surface area contributed by atoms with Crippen molar-refractivity contribution in [3.05, 3.63) is 64.0 Å². The summed E-state index contributed by atoms with van der Waals surface area (Å²) in [6.45, 7) is 1.22. The molecule has 0 amide bonds. The van der Waals surface area contributed by atoms with Crippen LogP contribution in [0.25, 0.3) is 0 Å². The second kappa shape index (κ2) is 8.17. The van der Waals surface area contributed by atoms with Crippen LogP contribution in [0, 0.1) is 19.7 Å². The quantitative estimate of drug-likeness (QED) is 0.806. The van der Waals surface area contributed by atoms with Gasteiger partial charge >= 0.3 is 6.61 Å². The van der Waals surface area contributed by atoms with E-state index in [9.17, 15) is 13.2 Å². The third-order valence-electron chi connectivity index (χ3n) is 3.82. The maximum absolute atomic E-state index is 13.3. The van der Waals surface area contributed by atoms with E-state index < -0.39 is 12.4 Å². The zero-order chi connectivity index (χ0) is 17.7. The van der Waals surface area contributed by atoms with Crippen molar-refractivity contribution in [2.75, 3.05) is 0 Å². The van der Waals surface area contributed by atoms with Gasteiger partial charge in [0.2, 0.25) is 0 Å². The van der Waals surface area contributed by atoms with Gasteiger partial charge in [0, 0.05) is 24.2 Å². The number of nitrogens with one attached hydrogen (secondary N) is 1. The minimum Gasteiger partial charge on any atom is -0.434 e. The normalized spacial score (nSPS) is 11.1. The Kier molecular flexibility index (Phi) is 6.23. The third kappa shape index (κ3) is 4.72. The summed E-state index contributed by atoms with van der Waals surface area (Å²) in [4.78, 5) is 0. The molecule has 0 spiro atoms. The number of halogens is 3.